The van der Waals surface area contributed by atoms with Crippen molar-refractivity contribution < 1.29 is 19.2 Å². The Labute approximate surface area is 105 Å². The molecule has 6 heteroatoms. The van der Waals surface area contributed by atoms with Crippen LogP contribution in [-0.4, -0.2) is 28.2 Å². The number of carboxylic acids is 1. The summed E-state index contributed by atoms with van der Waals surface area (Å²) in [6.07, 6.45) is 3.45. The van der Waals surface area contributed by atoms with Crippen LogP contribution in [0.15, 0.2) is 16.9 Å². The van der Waals surface area contributed by atoms with Crippen molar-refractivity contribution in [1.29, 1.82) is 0 Å². The van der Waals surface area contributed by atoms with Crippen LogP contribution >= 0.6 is 0 Å². The molecule has 1 aromatic heterocycles. The van der Waals surface area contributed by atoms with E-state index in [4.69, 9.17) is 5.11 Å². The van der Waals surface area contributed by atoms with Crippen LogP contribution in [0.25, 0.3) is 0 Å². The van der Waals surface area contributed by atoms with E-state index in [0.29, 0.717) is 6.42 Å². The van der Waals surface area contributed by atoms with Gasteiger partial charge < -0.3 is 14.9 Å². The molecule has 0 aromatic carbocycles. The molecule has 0 radical (unpaired) electrons. The quantitative estimate of drug-likeness (QED) is 0.772. The topological polar surface area (TPSA) is 92.4 Å². The minimum atomic E-state index is -0.783. The van der Waals surface area contributed by atoms with E-state index in [1.165, 1.54) is 12.3 Å². The zero-order valence-corrected chi connectivity index (χ0v) is 10.5. The average molecular weight is 254 g/mol. The number of amides is 1. The molecule has 0 bridgehead atoms. The van der Waals surface area contributed by atoms with E-state index in [9.17, 15) is 9.59 Å². The van der Waals surface area contributed by atoms with Crippen LogP contribution in [-0.2, 0) is 4.79 Å². The highest BCUT2D eigenvalue weighted by molar-refractivity contribution is 5.92. The molecule has 2 atom stereocenters. The number of hydrogen-bond donors (Lipinski definition) is 2. The molecule has 1 rings (SSSR count). The lowest BCUT2D eigenvalue weighted by Crippen LogP contribution is -2.32. The Morgan fingerprint density at radius 1 is 1.44 bits per heavy atom. The summed E-state index contributed by atoms with van der Waals surface area (Å²) >= 11 is 0. The molecular weight excluding hydrogens is 236 g/mol. The second-order valence-corrected chi connectivity index (χ2v) is 4.43. The highest BCUT2D eigenvalue weighted by Gasteiger charge is 2.14. The van der Waals surface area contributed by atoms with Gasteiger partial charge in [0, 0.05) is 12.1 Å². The molecule has 0 aliphatic carbocycles. The summed E-state index contributed by atoms with van der Waals surface area (Å²) in [5.41, 5.74) is 0.251. The zero-order valence-electron chi connectivity index (χ0n) is 10.5. The highest BCUT2D eigenvalue weighted by atomic mass is 16.5. The number of hydrogen-bond acceptors (Lipinski definition) is 4. The molecule has 2 unspecified atom stereocenters. The highest BCUT2D eigenvalue weighted by Crippen LogP contribution is 2.09. The number of nitrogens with zero attached hydrogens (tertiary/aromatic N) is 1. The van der Waals surface area contributed by atoms with Gasteiger partial charge in [0.05, 0.1) is 5.92 Å². The van der Waals surface area contributed by atoms with E-state index in [0.717, 1.165) is 12.8 Å². The fourth-order valence-corrected chi connectivity index (χ4v) is 1.55. The lowest BCUT2D eigenvalue weighted by molar-refractivity contribution is -0.141. The molecule has 0 aliphatic rings. The molecule has 2 N–H and O–H groups in total. The smallest absolute Gasteiger partial charge is 0.306 e. The van der Waals surface area contributed by atoms with Gasteiger partial charge in [0.25, 0.3) is 5.91 Å². The zero-order chi connectivity index (χ0) is 13.5. The van der Waals surface area contributed by atoms with Gasteiger partial charge in [0.1, 0.15) is 6.26 Å². The number of aliphatic carboxylic acids is 1. The minimum Gasteiger partial charge on any atom is -0.481 e. The van der Waals surface area contributed by atoms with Crippen LogP contribution in [0.4, 0.5) is 0 Å². The van der Waals surface area contributed by atoms with Gasteiger partial charge in [-0.15, -0.1) is 0 Å². The maximum Gasteiger partial charge on any atom is 0.306 e. The number of aromatic nitrogens is 1. The van der Waals surface area contributed by atoms with Crippen LogP contribution < -0.4 is 5.32 Å². The predicted molar refractivity (Wildman–Crippen MR) is 64.1 cm³/mol. The minimum absolute atomic E-state index is 0.0183. The lowest BCUT2D eigenvalue weighted by Gasteiger charge is -2.13. The summed E-state index contributed by atoms with van der Waals surface area (Å²) in [7, 11) is 0. The number of carbonyl (C=O) groups is 2. The Hall–Kier alpha value is -1.85. The molecule has 0 fully saturated rings. The first-order valence-corrected chi connectivity index (χ1v) is 5.94. The molecule has 0 aliphatic heterocycles. The van der Waals surface area contributed by atoms with Crippen molar-refractivity contribution in [3.8, 4) is 0 Å². The third-order valence-electron chi connectivity index (χ3n) is 2.74. The summed E-state index contributed by atoms with van der Waals surface area (Å²) in [6.45, 7) is 3.56. The first-order chi connectivity index (χ1) is 8.50. The summed E-state index contributed by atoms with van der Waals surface area (Å²) in [5.74, 6) is -1.40. The monoisotopic (exact) mass is 254 g/mol. The number of carbonyl (C=O) groups excluding carboxylic acids is 1. The van der Waals surface area contributed by atoms with Crippen molar-refractivity contribution in [2.24, 2.45) is 5.92 Å². The molecule has 0 saturated carbocycles. The second kappa shape index (κ2) is 6.78. The third kappa shape index (κ3) is 4.57. The molecule has 100 valence electrons. The first kappa shape index (κ1) is 14.2. The Kier molecular flexibility index (Phi) is 5.35. The summed E-state index contributed by atoms with van der Waals surface area (Å²) in [6, 6.07) is 1.48. The standard InChI is InChI=1S/C12H18N2O4/c1-8(12(16)17)4-3-5-9(2)13-11(15)10-6-7-18-14-10/h6-9H,3-5H2,1-2H3,(H,13,15)(H,16,17). The van der Waals surface area contributed by atoms with Crippen LogP contribution in [0.1, 0.15) is 43.6 Å². The molecule has 0 spiro atoms. The van der Waals surface area contributed by atoms with Crippen LogP contribution in [0.3, 0.4) is 0 Å². The van der Waals surface area contributed by atoms with E-state index in [-0.39, 0.29) is 23.6 Å². The van der Waals surface area contributed by atoms with E-state index >= 15 is 0 Å². The van der Waals surface area contributed by atoms with Gasteiger partial charge in [0.15, 0.2) is 5.69 Å². The SMILES string of the molecule is CC(CCCC(C)C(=O)O)NC(=O)c1ccon1. The van der Waals surface area contributed by atoms with Gasteiger partial charge in [-0.3, -0.25) is 9.59 Å². The summed E-state index contributed by atoms with van der Waals surface area (Å²) in [5, 5.41) is 15.0. The van der Waals surface area contributed by atoms with E-state index < -0.39 is 5.97 Å². The van der Waals surface area contributed by atoms with Gasteiger partial charge >= 0.3 is 5.97 Å². The van der Waals surface area contributed by atoms with Crippen molar-refractivity contribution in [3.05, 3.63) is 18.0 Å². The maximum atomic E-state index is 11.6. The fourth-order valence-electron chi connectivity index (χ4n) is 1.55. The summed E-state index contributed by atoms with van der Waals surface area (Å²) in [4.78, 5) is 22.2. The third-order valence-corrected chi connectivity index (χ3v) is 2.74. The molecule has 1 heterocycles. The van der Waals surface area contributed by atoms with Crippen molar-refractivity contribution >= 4 is 11.9 Å². The van der Waals surface area contributed by atoms with E-state index in [2.05, 4.69) is 15.0 Å². The Morgan fingerprint density at radius 2 is 2.17 bits per heavy atom. The average Bonchev–Trinajstić information content (AvgIpc) is 2.81. The lowest BCUT2D eigenvalue weighted by atomic mass is 10.0. The number of nitrogens with one attached hydrogen (secondary N) is 1. The van der Waals surface area contributed by atoms with E-state index in [1.54, 1.807) is 6.92 Å². The van der Waals surface area contributed by atoms with Gasteiger partial charge in [-0.05, 0) is 19.8 Å². The van der Waals surface area contributed by atoms with Crippen LogP contribution in [0.2, 0.25) is 0 Å². The second-order valence-electron chi connectivity index (χ2n) is 4.43. The largest absolute Gasteiger partial charge is 0.481 e. The predicted octanol–water partition coefficient (Wildman–Crippen LogP) is 1.68. The number of rotatable bonds is 7. The first-order valence-electron chi connectivity index (χ1n) is 5.94. The van der Waals surface area contributed by atoms with E-state index in [1.807, 2.05) is 6.92 Å². The molecule has 1 amide bonds. The van der Waals surface area contributed by atoms with Crippen molar-refractivity contribution in [2.45, 2.75) is 39.2 Å². The summed E-state index contributed by atoms with van der Waals surface area (Å²) < 4.78 is 4.58. The Morgan fingerprint density at radius 3 is 2.72 bits per heavy atom. The number of carboxylic acid groups (broad SMARTS) is 1. The van der Waals surface area contributed by atoms with Gasteiger partial charge in [-0.2, -0.15) is 0 Å². The normalized spacial score (nSPS) is 13.9. The van der Waals surface area contributed by atoms with Gasteiger partial charge in [-0.1, -0.05) is 18.5 Å². The fraction of sp³-hybridized carbons (Fsp3) is 0.583. The Balaban J connectivity index is 2.24. The molecular formula is C12H18N2O4. The molecule has 6 nitrogen and oxygen atoms in total. The maximum absolute atomic E-state index is 11.6. The Bertz CT molecular complexity index is 389. The van der Waals surface area contributed by atoms with Crippen molar-refractivity contribution in [1.82, 2.24) is 10.5 Å². The van der Waals surface area contributed by atoms with Crippen LogP contribution in [0, 0.1) is 5.92 Å². The van der Waals surface area contributed by atoms with Crippen molar-refractivity contribution in [2.75, 3.05) is 0 Å². The molecule has 18 heavy (non-hydrogen) atoms. The van der Waals surface area contributed by atoms with Crippen molar-refractivity contribution in [3.63, 3.8) is 0 Å². The molecule has 1 aromatic rings. The molecule has 0 saturated heterocycles. The van der Waals surface area contributed by atoms with Gasteiger partial charge in [-0.25, -0.2) is 0 Å². The van der Waals surface area contributed by atoms with Crippen LogP contribution in [0.5, 0.6) is 0 Å². The van der Waals surface area contributed by atoms with Gasteiger partial charge in [0.2, 0.25) is 0 Å².